The molecule has 0 saturated carbocycles. The van der Waals surface area contributed by atoms with E-state index >= 15 is 0 Å². The minimum absolute atomic E-state index is 0.0305. The summed E-state index contributed by atoms with van der Waals surface area (Å²) in [6, 6.07) is 9.73. The molecule has 0 spiro atoms. The van der Waals surface area contributed by atoms with Gasteiger partial charge < -0.3 is 10.2 Å². The standard InChI is InChI=1S/C19H26N4O/c1-5-11-23(12-6-2)19(24)17-13-18(21-15(4)20-17)22-16-10-8-7-9-14(16)3/h7-10,13H,5-6,11-12H2,1-4H3,(H,20,21,22). The number of rotatable bonds is 7. The number of amides is 1. The second kappa shape index (κ2) is 8.43. The van der Waals surface area contributed by atoms with Crippen molar-refractivity contribution in [1.29, 1.82) is 0 Å². The summed E-state index contributed by atoms with van der Waals surface area (Å²) in [5.41, 5.74) is 2.55. The Morgan fingerprint density at radius 1 is 1.08 bits per heavy atom. The van der Waals surface area contributed by atoms with E-state index in [0.29, 0.717) is 17.3 Å². The number of aromatic nitrogens is 2. The van der Waals surface area contributed by atoms with Crippen LogP contribution >= 0.6 is 0 Å². The van der Waals surface area contributed by atoms with Crippen LogP contribution in [0.2, 0.25) is 0 Å². The van der Waals surface area contributed by atoms with Gasteiger partial charge in [0.2, 0.25) is 0 Å². The quantitative estimate of drug-likeness (QED) is 0.832. The van der Waals surface area contributed by atoms with Crippen LogP contribution in [-0.2, 0) is 0 Å². The average molecular weight is 326 g/mol. The molecule has 24 heavy (non-hydrogen) atoms. The van der Waals surface area contributed by atoms with Crippen LogP contribution in [-0.4, -0.2) is 33.9 Å². The van der Waals surface area contributed by atoms with E-state index in [4.69, 9.17) is 0 Å². The van der Waals surface area contributed by atoms with Gasteiger partial charge >= 0.3 is 0 Å². The predicted octanol–water partition coefficient (Wildman–Crippen LogP) is 4.10. The molecule has 1 aromatic heterocycles. The van der Waals surface area contributed by atoms with E-state index < -0.39 is 0 Å². The molecule has 0 radical (unpaired) electrons. The van der Waals surface area contributed by atoms with Crippen LogP contribution in [0.3, 0.4) is 0 Å². The molecule has 1 amide bonds. The van der Waals surface area contributed by atoms with Crippen LogP contribution in [0.1, 0.15) is 48.6 Å². The van der Waals surface area contributed by atoms with Gasteiger partial charge in [-0.15, -0.1) is 0 Å². The molecule has 0 unspecified atom stereocenters. The summed E-state index contributed by atoms with van der Waals surface area (Å²) < 4.78 is 0. The zero-order valence-electron chi connectivity index (χ0n) is 15.0. The number of aryl methyl sites for hydroxylation is 2. The lowest BCUT2D eigenvalue weighted by Crippen LogP contribution is -2.33. The van der Waals surface area contributed by atoms with E-state index in [-0.39, 0.29) is 5.91 Å². The van der Waals surface area contributed by atoms with E-state index in [0.717, 1.165) is 37.2 Å². The monoisotopic (exact) mass is 326 g/mol. The highest BCUT2D eigenvalue weighted by atomic mass is 16.2. The van der Waals surface area contributed by atoms with Gasteiger partial charge in [-0.25, -0.2) is 9.97 Å². The Balaban J connectivity index is 2.27. The second-order valence-corrected chi connectivity index (χ2v) is 5.92. The summed E-state index contributed by atoms with van der Waals surface area (Å²) >= 11 is 0. The van der Waals surface area contributed by atoms with Crippen molar-refractivity contribution >= 4 is 17.4 Å². The molecule has 0 aliphatic carbocycles. The topological polar surface area (TPSA) is 58.1 Å². The fourth-order valence-corrected chi connectivity index (χ4v) is 2.61. The molecule has 2 rings (SSSR count). The van der Waals surface area contributed by atoms with Crippen molar-refractivity contribution in [2.75, 3.05) is 18.4 Å². The van der Waals surface area contributed by atoms with Crippen LogP contribution in [0.15, 0.2) is 30.3 Å². The molecule has 0 bridgehead atoms. The first-order valence-electron chi connectivity index (χ1n) is 8.52. The normalized spacial score (nSPS) is 10.5. The van der Waals surface area contributed by atoms with Crippen LogP contribution in [0.4, 0.5) is 11.5 Å². The summed E-state index contributed by atoms with van der Waals surface area (Å²) in [5.74, 6) is 1.20. The Kier molecular flexibility index (Phi) is 6.29. The fourth-order valence-electron chi connectivity index (χ4n) is 2.61. The first-order chi connectivity index (χ1) is 11.5. The van der Waals surface area contributed by atoms with Gasteiger partial charge in [-0.3, -0.25) is 4.79 Å². The number of nitrogens with zero attached hydrogens (tertiary/aromatic N) is 3. The van der Waals surface area contributed by atoms with Gasteiger partial charge in [-0.05, 0) is 38.3 Å². The molecule has 5 nitrogen and oxygen atoms in total. The zero-order valence-corrected chi connectivity index (χ0v) is 15.0. The zero-order chi connectivity index (χ0) is 17.5. The van der Waals surface area contributed by atoms with Crippen molar-refractivity contribution in [3.05, 3.63) is 47.4 Å². The molecule has 5 heteroatoms. The third kappa shape index (κ3) is 4.54. The molecule has 0 aliphatic heterocycles. The largest absolute Gasteiger partial charge is 0.340 e. The fraction of sp³-hybridized carbons (Fsp3) is 0.421. The van der Waals surface area contributed by atoms with E-state index in [2.05, 4.69) is 29.1 Å². The number of carbonyl (C=O) groups excluding carboxylic acids is 1. The van der Waals surface area contributed by atoms with Gasteiger partial charge in [0.1, 0.15) is 17.3 Å². The summed E-state index contributed by atoms with van der Waals surface area (Å²) in [7, 11) is 0. The van der Waals surface area contributed by atoms with Crippen molar-refractivity contribution in [1.82, 2.24) is 14.9 Å². The Hall–Kier alpha value is -2.43. The third-order valence-corrected chi connectivity index (χ3v) is 3.74. The molecule has 0 saturated heterocycles. The van der Waals surface area contributed by atoms with Crippen molar-refractivity contribution in [2.24, 2.45) is 0 Å². The number of nitrogens with one attached hydrogen (secondary N) is 1. The lowest BCUT2D eigenvalue weighted by Gasteiger charge is -2.21. The van der Waals surface area contributed by atoms with E-state index in [9.17, 15) is 4.79 Å². The third-order valence-electron chi connectivity index (χ3n) is 3.74. The minimum atomic E-state index is -0.0305. The van der Waals surface area contributed by atoms with Crippen molar-refractivity contribution in [3.8, 4) is 0 Å². The van der Waals surface area contributed by atoms with Crippen LogP contribution < -0.4 is 5.32 Å². The molecular formula is C19H26N4O. The lowest BCUT2D eigenvalue weighted by molar-refractivity contribution is 0.0749. The maximum atomic E-state index is 12.8. The van der Waals surface area contributed by atoms with Crippen molar-refractivity contribution in [3.63, 3.8) is 0 Å². The number of hydrogen-bond acceptors (Lipinski definition) is 4. The van der Waals surface area contributed by atoms with Gasteiger partial charge in [-0.1, -0.05) is 32.0 Å². The molecule has 2 aromatic rings. The highest BCUT2D eigenvalue weighted by Crippen LogP contribution is 2.19. The van der Waals surface area contributed by atoms with Gasteiger partial charge in [0.15, 0.2) is 0 Å². The van der Waals surface area contributed by atoms with Crippen LogP contribution in [0.5, 0.6) is 0 Å². The van der Waals surface area contributed by atoms with Gasteiger partial charge in [-0.2, -0.15) is 0 Å². The summed E-state index contributed by atoms with van der Waals surface area (Å²) in [4.78, 5) is 23.4. The Bertz CT molecular complexity index is 694. The van der Waals surface area contributed by atoms with E-state index in [1.165, 1.54) is 0 Å². The van der Waals surface area contributed by atoms with Gasteiger partial charge in [0, 0.05) is 24.8 Å². The van der Waals surface area contributed by atoms with Crippen LogP contribution in [0.25, 0.3) is 0 Å². The molecule has 0 aliphatic rings. The van der Waals surface area contributed by atoms with Gasteiger partial charge in [0.25, 0.3) is 5.91 Å². The first-order valence-corrected chi connectivity index (χ1v) is 8.52. The predicted molar refractivity (Wildman–Crippen MR) is 97.7 cm³/mol. The number of benzene rings is 1. The average Bonchev–Trinajstić information content (AvgIpc) is 2.55. The number of anilines is 2. The number of para-hydroxylation sites is 1. The maximum absolute atomic E-state index is 12.8. The van der Waals surface area contributed by atoms with Crippen molar-refractivity contribution < 1.29 is 4.79 Å². The molecule has 1 N–H and O–H groups in total. The Morgan fingerprint density at radius 2 is 1.75 bits per heavy atom. The summed E-state index contributed by atoms with van der Waals surface area (Å²) in [6.07, 6.45) is 1.87. The number of carbonyl (C=O) groups is 1. The first kappa shape index (κ1) is 17.9. The second-order valence-electron chi connectivity index (χ2n) is 5.92. The molecule has 1 aromatic carbocycles. The SMILES string of the molecule is CCCN(CCC)C(=O)c1cc(Nc2ccccc2C)nc(C)n1. The lowest BCUT2D eigenvalue weighted by atomic mass is 10.2. The Morgan fingerprint density at radius 3 is 2.38 bits per heavy atom. The molecular weight excluding hydrogens is 300 g/mol. The molecule has 0 fully saturated rings. The van der Waals surface area contributed by atoms with Crippen LogP contribution in [0, 0.1) is 13.8 Å². The summed E-state index contributed by atoms with van der Waals surface area (Å²) in [5, 5.41) is 3.29. The summed E-state index contributed by atoms with van der Waals surface area (Å²) in [6.45, 7) is 9.49. The smallest absolute Gasteiger partial charge is 0.272 e. The minimum Gasteiger partial charge on any atom is -0.340 e. The van der Waals surface area contributed by atoms with E-state index in [1.807, 2.05) is 43.0 Å². The highest BCUT2D eigenvalue weighted by molar-refractivity contribution is 5.93. The molecule has 128 valence electrons. The highest BCUT2D eigenvalue weighted by Gasteiger charge is 2.17. The number of hydrogen-bond donors (Lipinski definition) is 1. The molecule has 0 atom stereocenters. The van der Waals surface area contributed by atoms with Crippen molar-refractivity contribution in [2.45, 2.75) is 40.5 Å². The van der Waals surface area contributed by atoms with Gasteiger partial charge in [0.05, 0.1) is 0 Å². The maximum Gasteiger partial charge on any atom is 0.272 e. The Labute approximate surface area is 144 Å². The molecule has 1 heterocycles. The van der Waals surface area contributed by atoms with E-state index in [1.54, 1.807) is 6.07 Å².